The molecule has 6 rings (SSSR count). The van der Waals surface area contributed by atoms with Crippen molar-refractivity contribution < 1.29 is 5.11 Å². The van der Waals surface area contributed by atoms with Gasteiger partial charge in [-0.15, -0.1) is 0 Å². The van der Waals surface area contributed by atoms with Gasteiger partial charge in [0.2, 0.25) is 0 Å². The minimum absolute atomic E-state index is 0.0292. The molecular weight excluding hydrogens is 412 g/mol. The summed E-state index contributed by atoms with van der Waals surface area (Å²) >= 11 is 0. The average Bonchev–Trinajstić information content (AvgIpc) is 3.39. The molecule has 7 nitrogen and oxygen atoms in total. The molecule has 0 saturated carbocycles. The van der Waals surface area contributed by atoms with Crippen LogP contribution in [0.25, 0.3) is 16.8 Å². The zero-order chi connectivity index (χ0) is 22.6. The Morgan fingerprint density at radius 3 is 2.64 bits per heavy atom. The van der Waals surface area contributed by atoms with Crippen LogP contribution in [0.4, 0.5) is 5.82 Å². The number of aliphatic hydroxyl groups is 1. The number of benzene rings is 1. The number of hydrogen-bond donors (Lipinski definition) is 2. The van der Waals surface area contributed by atoms with Gasteiger partial charge in [0.15, 0.2) is 5.82 Å². The highest BCUT2D eigenvalue weighted by molar-refractivity contribution is 5.78. The molecule has 2 aliphatic rings. The molecule has 4 aromatic rings. The molecule has 1 saturated heterocycles. The van der Waals surface area contributed by atoms with Crippen LogP contribution in [0.3, 0.4) is 0 Å². The highest BCUT2D eigenvalue weighted by Gasteiger charge is 2.46. The summed E-state index contributed by atoms with van der Waals surface area (Å²) in [6.45, 7) is 3.69. The molecule has 3 aromatic heterocycles. The Morgan fingerprint density at radius 1 is 1.12 bits per heavy atom. The van der Waals surface area contributed by atoms with Gasteiger partial charge >= 0.3 is 0 Å². The number of nitrogens with two attached hydrogens (primary N) is 1. The summed E-state index contributed by atoms with van der Waals surface area (Å²) in [7, 11) is 0. The Bertz CT molecular complexity index is 1320. The largest absolute Gasteiger partial charge is 0.392 e. The van der Waals surface area contributed by atoms with Crippen molar-refractivity contribution in [2.45, 2.75) is 38.8 Å². The van der Waals surface area contributed by atoms with Crippen molar-refractivity contribution in [1.82, 2.24) is 19.6 Å². The van der Waals surface area contributed by atoms with E-state index in [0.717, 1.165) is 71.9 Å². The van der Waals surface area contributed by atoms with E-state index in [1.54, 1.807) is 6.20 Å². The van der Waals surface area contributed by atoms with Gasteiger partial charge in [0.25, 0.3) is 0 Å². The number of anilines is 1. The summed E-state index contributed by atoms with van der Waals surface area (Å²) in [6.07, 6.45) is 6.54. The topological polar surface area (TPSA) is 92.6 Å². The van der Waals surface area contributed by atoms with E-state index in [1.807, 2.05) is 41.9 Å². The number of rotatable bonds is 3. The van der Waals surface area contributed by atoms with E-state index >= 15 is 0 Å². The fraction of sp³-hybridized carbons (Fsp3) is 0.346. The van der Waals surface area contributed by atoms with Gasteiger partial charge in [0, 0.05) is 42.1 Å². The Hall–Kier alpha value is -3.29. The van der Waals surface area contributed by atoms with Crippen molar-refractivity contribution in [3.8, 4) is 11.3 Å². The van der Waals surface area contributed by atoms with Crippen LogP contribution in [0, 0.1) is 12.3 Å². The van der Waals surface area contributed by atoms with E-state index in [2.05, 4.69) is 33.2 Å². The second kappa shape index (κ2) is 7.64. The van der Waals surface area contributed by atoms with Gasteiger partial charge in [0.1, 0.15) is 5.52 Å². The van der Waals surface area contributed by atoms with Gasteiger partial charge in [-0.25, -0.2) is 9.50 Å². The van der Waals surface area contributed by atoms with Crippen LogP contribution in [0.2, 0.25) is 0 Å². The number of aromatic nitrogens is 4. The Balaban J connectivity index is 1.37. The zero-order valence-corrected chi connectivity index (χ0v) is 18.8. The van der Waals surface area contributed by atoms with Crippen molar-refractivity contribution >= 4 is 11.3 Å². The monoisotopic (exact) mass is 440 g/mol. The minimum Gasteiger partial charge on any atom is -0.392 e. The Labute approximate surface area is 192 Å². The van der Waals surface area contributed by atoms with Crippen molar-refractivity contribution in [3.63, 3.8) is 0 Å². The molecular formula is C26H28N6O. The first-order chi connectivity index (χ1) is 16.1. The quantitative estimate of drug-likeness (QED) is 0.507. The fourth-order valence-corrected chi connectivity index (χ4v) is 5.78. The molecule has 1 aliphatic heterocycles. The summed E-state index contributed by atoms with van der Waals surface area (Å²) in [5.41, 5.74) is 13.8. The molecule has 0 radical (unpaired) electrons. The predicted octanol–water partition coefficient (Wildman–Crippen LogP) is 3.43. The fourth-order valence-electron chi connectivity index (χ4n) is 5.78. The first-order valence-electron chi connectivity index (χ1n) is 11.6. The number of piperidine rings is 1. The second-order valence-corrected chi connectivity index (χ2v) is 9.37. The molecule has 0 amide bonds. The van der Waals surface area contributed by atoms with Crippen LogP contribution in [0.15, 0.2) is 54.9 Å². The molecule has 1 spiro atoms. The summed E-state index contributed by atoms with van der Waals surface area (Å²) in [4.78, 5) is 12.0. The highest BCUT2D eigenvalue weighted by Crippen LogP contribution is 2.50. The minimum atomic E-state index is -0.0703. The van der Waals surface area contributed by atoms with E-state index < -0.39 is 0 Å². The first kappa shape index (κ1) is 20.3. The summed E-state index contributed by atoms with van der Waals surface area (Å²) in [5, 5.41) is 14.7. The molecule has 1 aliphatic carbocycles. The number of fused-ring (bicyclic) bond motifs is 2. The van der Waals surface area contributed by atoms with Crippen molar-refractivity contribution in [1.29, 1.82) is 0 Å². The molecule has 0 bridgehead atoms. The lowest BCUT2D eigenvalue weighted by molar-refractivity contribution is 0.186. The Kier molecular flexibility index (Phi) is 4.71. The number of nitrogens with zero attached hydrogens (tertiary/aromatic N) is 5. The first-order valence-corrected chi connectivity index (χ1v) is 11.6. The molecule has 168 valence electrons. The molecule has 7 heteroatoms. The van der Waals surface area contributed by atoms with Crippen molar-refractivity contribution in [2.24, 2.45) is 11.1 Å². The maximum atomic E-state index is 10.1. The number of aryl methyl sites for hydroxylation is 1. The summed E-state index contributed by atoms with van der Waals surface area (Å²) in [5.74, 6) is 0.894. The number of aliphatic hydroxyl groups excluding tert-OH is 1. The molecule has 1 aromatic carbocycles. The third-order valence-electron chi connectivity index (χ3n) is 7.60. The lowest BCUT2D eigenvalue weighted by Gasteiger charge is -2.42. The van der Waals surface area contributed by atoms with Crippen molar-refractivity contribution in [2.75, 3.05) is 18.0 Å². The predicted molar refractivity (Wildman–Crippen MR) is 128 cm³/mol. The lowest BCUT2D eigenvalue weighted by atomic mass is 9.73. The molecule has 33 heavy (non-hydrogen) atoms. The highest BCUT2D eigenvalue weighted by atomic mass is 16.3. The zero-order valence-electron chi connectivity index (χ0n) is 18.8. The summed E-state index contributed by atoms with van der Waals surface area (Å²) in [6, 6.07) is 14.3. The Morgan fingerprint density at radius 2 is 1.91 bits per heavy atom. The second-order valence-electron chi connectivity index (χ2n) is 9.37. The molecule has 4 heterocycles. The molecule has 0 unspecified atom stereocenters. The average molecular weight is 441 g/mol. The van der Waals surface area contributed by atoms with E-state index in [4.69, 9.17) is 10.7 Å². The third-order valence-corrected chi connectivity index (χ3v) is 7.60. The van der Waals surface area contributed by atoms with Gasteiger partial charge in [-0.3, -0.25) is 4.98 Å². The van der Waals surface area contributed by atoms with Gasteiger partial charge < -0.3 is 15.7 Å². The number of hydrogen-bond acceptors (Lipinski definition) is 6. The lowest BCUT2D eigenvalue weighted by Crippen LogP contribution is -2.44. The van der Waals surface area contributed by atoms with Crippen LogP contribution in [-0.4, -0.2) is 37.8 Å². The molecule has 1 atom stereocenters. The van der Waals surface area contributed by atoms with E-state index in [0.29, 0.717) is 0 Å². The van der Waals surface area contributed by atoms with Gasteiger partial charge in [-0.1, -0.05) is 36.4 Å². The van der Waals surface area contributed by atoms with Gasteiger partial charge in [0.05, 0.1) is 24.2 Å². The molecule has 1 fully saturated rings. The molecule has 3 N–H and O–H groups in total. The van der Waals surface area contributed by atoms with Crippen LogP contribution in [0.5, 0.6) is 0 Å². The van der Waals surface area contributed by atoms with E-state index in [9.17, 15) is 5.11 Å². The third kappa shape index (κ3) is 3.07. The van der Waals surface area contributed by atoms with Gasteiger partial charge in [-0.2, -0.15) is 5.10 Å². The van der Waals surface area contributed by atoms with Crippen molar-refractivity contribution in [3.05, 3.63) is 77.4 Å². The van der Waals surface area contributed by atoms with Crippen LogP contribution in [0.1, 0.15) is 41.4 Å². The van der Waals surface area contributed by atoms with Crippen LogP contribution >= 0.6 is 0 Å². The summed E-state index contributed by atoms with van der Waals surface area (Å²) < 4.78 is 1.95. The maximum absolute atomic E-state index is 10.1. The maximum Gasteiger partial charge on any atom is 0.155 e. The normalized spacial score (nSPS) is 19.4. The van der Waals surface area contributed by atoms with Crippen LogP contribution < -0.4 is 10.6 Å². The smallest absolute Gasteiger partial charge is 0.155 e. The van der Waals surface area contributed by atoms with E-state index in [1.165, 1.54) is 5.56 Å². The standard InChI is InChI=1S/C26H28N6O/c1-17-22(18-6-3-2-4-7-18)32-23(19(16-33)15-29-32)25(30-17)31-12-9-26(10-13-31)14-21-20(24(26)27)8-5-11-28-21/h2-8,11,15,24,33H,9-10,12-14,16,27H2,1H3/t24-/m1/s1. The number of pyridine rings is 1. The van der Waals surface area contributed by atoms with Crippen LogP contribution in [-0.2, 0) is 13.0 Å². The SMILES string of the molecule is Cc1nc(N2CCC3(CC2)Cc2ncccc2[C@H]3N)c2c(CO)cnn2c1-c1ccccc1. The van der Waals surface area contributed by atoms with Gasteiger partial charge in [-0.05, 0) is 43.2 Å². The van der Waals surface area contributed by atoms with E-state index in [-0.39, 0.29) is 18.1 Å².